The largest absolute Gasteiger partial charge is 0.358 e. The van der Waals surface area contributed by atoms with E-state index in [-0.39, 0.29) is 11.9 Å². The summed E-state index contributed by atoms with van der Waals surface area (Å²) < 4.78 is 0. The Morgan fingerprint density at radius 3 is 2.41 bits per heavy atom. The number of likely N-dealkylation sites (N-methyl/N-ethyl adjacent to an activating group) is 1. The van der Waals surface area contributed by atoms with Gasteiger partial charge in [0.15, 0.2) is 0 Å². The van der Waals surface area contributed by atoms with Gasteiger partial charge in [0.2, 0.25) is 5.91 Å². The third kappa shape index (κ3) is 5.53. The third-order valence-electron chi connectivity index (χ3n) is 3.65. The molecule has 1 atom stereocenters. The van der Waals surface area contributed by atoms with Crippen molar-refractivity contribution in [2.75, 3.05) is 13.6 Å². The minimum atomic E-state index is -0.0121. The average Bonchev–Trinajstić information content (AvgIpc) is 2.34. The molecule has 17 heavy (non-hydrogen) atoms. The fraction of sp³-hybridized carbons (Fsp3) is 0.929. The number of nitrogens with one attached hydrogen (secondary N) is 2. The van der Waals surface area contributed by atoms with Gasteiger partial charge in [0.1, 0.15) is 0 Å². The average molecular weight is 240 g/mol. The second-order valence-electron chi connectivity index (χ2n) is 5.71. The highest BCUT2D eigenvalue weighted by Crippen LogP contribution is 2.23. The Hall–Kier alpha value is -0.570. The zero-order chi connectivity index (χ0) is 12.7. The van der Waals surface area contributed by atoms with Crippen molar-refractivity contribution in [2.24, 2.45) is 11.8 Å². The van der Waals surface area contributed by atoms with E-state index in [1.165, 1.54) is 32.1 Å². The molecular formula is C14H28N2O. The third-order valence-corrected chi connectivity index (χ3v) is 3.65. The number of carbonyl (C=O) groups excluding carboxylic acids is 1. The van der Waals surface area contributed by atoms with Crippen LogP contribution in [0.3, 0.4) is 0 Å². The van der Waals surface area contributed by atoms with E-state index in [0.29, 0.717) is 5.92 Å². The molecule has 0 saturated heterocycles. The summed E-state index contributed by atoms with van der Waals surface area (Å²) in [6.07, 6.45) is 7.69. The van der Waals surface area contributed by atoms with Crippen LogP contribution in [0.4, 0.5) is 0 Å². The number of hydrogen-bond donors (Lipinski definition) is 2. The van der Waals surface area contributed by atoms with Gasteiger partial charge in [0.05, 0.1) is 6.04 Å². The van der Waals surface area contributed by atoms with E-state index < -0.39 is 0 Å². The van der Waals surface area contributed by atoms with Gasteiger partial charge in [-0.1, -0.05) is 33.1 Å². The summed E-state index contributed by atoms with van der Waals surface area (Å²) in [4.78, 5) is 11.7. The molecule has 0 aromatic heterocycles. The number of amides is 1. The van der Waals surface area contributed by atoms with Crippen LogP contribution in [-0.2, 0) is 4.79 Å². The van der Waals surface area contributed by atoms with E-state index in [1.54, 1.807) is 7.05 Å². The fourth-order valence-corrected chi connectivity index (χ4v) is 2.63. The maximum Gasteiger partial charge on any atom is 0.236 e. The molecular weight excluding hydrogens is 212 g/mol. The summed E-state index contributed by atoms with van der Waals surface area (Å²) >= 11 is 0. The quantitative estimate of drug-likeness (QED) is 0.748. The molecule has 0 aromatic carbocycles. The van der Waals surface area contributed by atoms with Gasteiger partial charge in [-0.05, 0) is 37.6 Å². The first-order valence-electron chi connectivity index (χ1n) is 7.08. The lowest BCUT2D eigenvalue weighted by Gasteiger charge is -2.25. The molecule has 3 nitrogen and oxygen atoms in total. The first-order valence-corrected chi connectivity index (χ1v) is 7.08. The number of hydrogen-bond acceptors (Lipinski definition) is 2. The fourth-order valence-electron chi connectivity index (χ4n) is 2.63. The molecule has 1 aliphatic rings. The Balaban J connectivity index is 2.34. The lowest BCUT2D eigenvalue weighted by molar-refractivity contribution is -0.123. The highest BCUT2D eigenvalue weighted by molar-refractivity contribution is 5.81. The predicted octanol–water partition coefficient (Wildman–Crippen LogP) is 2.32. The first kappa shape index (κ1) is 14.5. The molecule has 2 N–H and O–H groups in total. The van der Waals surface area contributed by atoms with Gasteiger partial charge in [-0.2, -0.15) is 0 Å². The van der Waals surface area contributed by atoms with Crippen molar-refractivity contribution in [3.63, 3.8) is 0 Å². The zero-order valence-corrected chi connectivity index (χ0v) is 11.6. The summed E-state index contributed by atoms with van der Waals surface area (Å²) in [5.41, 5.74) is 0. The monoisotopic (exact) mass is 240 g/mol. The Labute approximate surface area is 106 Å². The summed E-state index contributed by atoms with van der Waals surface area (Å²) in [6.45, 7) is 5.33. The van der Waals surface area contributed by atoms with Gasteiger partial charge >= 0.3 is 0 Å². The van der Waals surface area contributed by atoms with Crippen molar-refractivity contribution in [3.8, 4) is 0 Å². The second kappa shape index (κ2) is 7.70. The number of carbonyl (C=O) groups is 1. The van der Waals surface area contributed by atoms with Crippen molar-refractivity contribution in [1.29, 1.82) is 0 Å². The molecule has 0 aromatic rings. The molecule has 0 spiro atoms. The van der Waals surface area contributed by atoms with Gasteiger partial charge in [0.25, 0.3) is 0 Å². The van der Waals surface area contributed by atoms with E-state index >= 15 is 0 Å². The van der Waals surface area contributed by atoms with Crippen LogP contribution >= 0.6 is 0 Å². The van der Waals surface area contributed by atoms with Gasteiger partial charge in [-0.15, -0.1) is 0 Å². The van der Waals surface area contributed by atoms with Crippen LogP contribution in [0, 0.1) is 11.8 Å². The van der Waals surface area contributed by atoms with Gasteiger partial charge in [-0.25, -0.2) is 0 Å². The van der Waals surface area contributed by atoms with Crippen molar-refractivity contribution >= 4 is 5.91 Å². The van der Waals surface area contributed by atoms with Crippen LogP contribution in [0.15, 0.2) is 0 Å². The Morgan fingerprint density at radius 1 is 1.24 bits per heavy atom. The van der Waals surface area contributed by atoms with E-state index in [1.807, 2.05) is 0 Å². The molecule has 1 rings (SSSR count). The SMILES string of the molecule is CNC(=O)C(CC(C)C)NCC1CCCCC1. The summed E-state index contributed by atoms with van der Waals surface area (Å²) in [5.74, 6) is 1.47. The predicted molar refractivity (Wildman–Crippen MR) is 71.9 cm³/mol. The molecule has 0 heterocycles. The normalized spacial score (nSPS) is 19.3. The topological polar surface area (TPSA) is 41.1 Å². The Bertz CT molecular complexity index is 222. The standard InChI is InChI=1S/C14H28N2O/c1-11(2)9-13(14(17)15-3)16-10-12-7-5-4-6-8-12/h11-13,16H,4-10H2,1-3H3,(H,15,17). The number of rotatable bonds is 6. The molecule has 1 saturated carbocycles. The highest BCUT2D eigenvalue weighted by Gasteiger charge is 2.20. The molecule has 100 valence electrons. The van der Waals surface area contributed by atoms with Crippen LogP contribution in [-0.4, -0.2) is 25.5 Å². The zero-order valence-electron chi connectivity index (χ0n) is 11.6. The van der Waals surface area contributed by atoms with Crippen LogP contribution in [0.5, 0.6) is 0 Å². The molecule has 0 bridgehead atoms. The van der Waals surface area contributed by atoms with Gasteiger partial charge in [0, 0.05) is 7.05 Å². The summed E-state index contributed by atoms with van der Waals surface area (Å²) in [7, 11) is 1.72. The van der Waals surface area contributed by atoms with E-state index in [4.69, 9.17) is 0 Å². The molecule has 1 fully saturated rings. The van der Waals surface area contributed by atoms with Gasteiger partial charge < -0.3 is 10.6 Å². The second-order valence-corrected chi connectivity index (χ2v) is 5.71. The smallest absolute Gasteiger partial charge is 0.236 e. The minimum Gasteiger partial charge on any atom is -0.358 e. The minimum absolute atomic E-state index is 0.0121. The van der Waals surface area contributed by atoms with E-state index in [2.05, 4.69) is 24.5 Å². The van der Waals surface area contributed by atoms with Crippen molar-refractivity contribution in [1.82, 2.24) is 10.6 Å². The van der Waals surface area contributed by atoms with Crippen LogP contribution in [0.1, 0.15) is 52.4 Å². The maximum atomic E-state index is 11.7. The summed E-state index contributed by atoms with van der Waals surface area (Å²) in [5, 5.41) is 6.22. The van der Waals surface area contributed by atoms with Crippen molar-refractivity contribution < 1.29 is 4.79 Å². The molecule has 3 heteroatoms. The summed E-state index contributed by atoms with van der Waals surface area (Å²) in [6, 6.07) is -0.0121. The molecule has 1 amide bonds. The molecule has 1 unspecified atom stereocenters. The maximum absolute atomic E-state index is 11.7. The molecule has 0 aliphatic heterocycles. The molecule has 0 radical (unpaired) electrons. The lowest BCUT2D eigenvalue weighted by Crippen LogP contribution is -2.45. The highest BCUT2D eigenvalue weighted by atomic mass is 16.2. The van der Waals surface area contributed by atoms with Crippen molar-refractivity contribution in [3.05, 3.63) is 0 Å². The molecule has 1 aliphatic carbocycles. The van der Waals surface area contributed by atoms with Crippen molar-refractivity contribution in [2.45, 2.75) is 58.4 Å². The van der Waals surface area contributed by atoms with Gasteiger partial charge in [-0.3, -0.25) is 4.79 Å². The Morgan fingerprint density at radius 2 is 1.88 bits per heavy atom. The van der Waals surface area contributed by atoms with Crippen LogP contribution in [0.2, 0.25) is 0 Å². The Kier molecular flexibility index (Phi) is 6.56. The van der Waals surface area contributed by atoms with Crippen LogP contribution < -0.4 is 10.6 Å². The lowest BCUT2D eigenvalue weighted by atomic mass is 9.89. The first-order chi connectivity index (χ1) is 8.13. The van der Waals surface area contributed by atoms with E-state index in [0.717, 1.165) is 18.9 Å². The van der Waals surface area contributed by atoms with E-state index in [9.17, 15) is 4.79 Å². The van der Waals surface area contributed by atoms with Crippen LogP contribution in [0.25, 0.3) is 0 Å².